The molecule has 1 heterocycles. The molecule has 0 saturated heterocycles. The van der Waals surface area contributed by atoms with Crippen LogP contribution in [0.1, 0.15) is 12.8 Å². The van der Waals surface area contributed by atoms with Crippen LogP contribution in [0.3, 0.4) is 0 Å². The number of fused-ring (bicyclic) bond motifs is 1. The SMILES string of the molecule is Cn1c(NCCNC2CC2)nc2ccccc21. The quantitative estimate of drug-likeness (QED) is 0.769. The summed E-state index contributed by atoms with van der Waals surface area (Å²) in [7, 11) is 2.05. The Labute approximate surface area is 101 Å². The summed E-state index contributed by atoms with van der Waals surface area (Å²) >= 11 is 0. The van der Waals surface area contributed by atoms with Gasteiger partial charge in [-0.3, -0.25) is 0 Å². The second kappa shape index (κ2) is 4.37. The molecule has 4 nitrogen and oxygen atoms in total. The first kappa shape index (κ1) is 10.6. The molecule has 2 N–H and O–H groups in total. The first-order valence-electron chi connectivity index (χ1n) is 6.23. The average Bonchev–Trinajstić information content (AvgIpc) is 3.12. The zero-order valence-electron chi connectivity index (χ0n) is 10.1. The van der Waals surface area contributed by atoms with Crippen LogP contribution in [0.25, 0.3) is 11.0 Å². The fourth-order valence-electron chi connectivity index (χ4n) is 2.04. The van der Waals surface area contributed by atoms with E-state index in [2.05, 4.69) is 26.3 Å². The number of nitrogens with zero attached hydrogens (tertiary/aromatic N) is 2. The molecule has 1 saturated carbocycles. The van der Waals surface area contributed by atoms with Crippen LogP contribution >= 0.6 is 0 Å². The van der Waals surface area contributed by atoms with Gasteiger partial charge in [-0.05, 0) is 25.0 Å². The van der Waals surface area contributed by atoms with Crippen molar-refractivity contribution in [2.75, 3.05) is 18.4 Å². The number of rotatable bonds is 5. The molecule has 4 heteroatoms. The Bertz CT molecular complexity index is 513. The zero-order valence-corrected chi connectivity index (χ0v) is 10.1. The molecule has 1 aliphatic carbocycles. The Morgan fingerprint density at radius 3 is 2.88 bits per heavy atom. The summed E-state index contributed by atoms with van der Waals surface area (Å²) in [6.07, 6.45) is 2.68. The summed E-state index contributed by atoms with van der Waals surface area (Å²) in [5, 5.41) is 6.86. The van der Waals surface area contributed by atoms with E-state index in [0.29, 0.717) is 0 Å². The molecule has 0 atom stereocenters. The van der Waals surface area contributed by atoms with E-state index in [1.54, 1.807) is 0 Å². The highest BCUT2D eigenvalue weighted by atomic mass is 15.2. The van der Waals surface area contributed by atoms with Crippen molar-refractivity contribution in [3.8, 4) is 0 Å². The topological polar surface area (TPSA) is 41.9 Å². The van der Waals surface area contributed by atoms with Gasteiger partial charge in [0.2, 0.25) is 5.95 Å². The van der Waals surface area contributed by atoms with E-state index in [9.17, 15) is 0 Å². The number of hydrogen-bond donors (Lipinski definition) is 2. The lowest BCUT2D eigenvalue weighted by molar-refractivity contribution is 0.698. The van der Waals surface area contributed by atoms with Crippen molar-refractivity contribution >= 4 is 17.0 Å². The number of aromatic nitrogens is 2. The van der Waals surface area contributed by atoms with Gasteiger partial charge in [0.1, 0.15) is 0 Å². The fourth-order valence-corrected chi connectivity index (χ4v) is 2.04. The van der Waals surface area contributed by atoms with E-state index in [1.807, 2.05) is 25.2 Å². The Kier molecular flexibility index (Phi) is 2.73. The summed E-state index contributed by atoms with van der Waals surface area (Å²) in [4.78, 5) is 4.57. The van der Waals surface area contributed by atoms with E-state index < -0.39 is 0 Å². The van der Waals surface area contributed by atoms with Crippen LogP contribution in [0.5, 0.6) is 0 Å². The summed E-state index contributed by atoms with van der Waals surface area (Å²) in [5.41, 5.74) is 2.22. The van der Waals surface area contributed by atoms with Crippen LogP contribution in [0.15, 0.2) is 24.3 Å². The molecule has 0 unspecified atom stereocenters. The molecule has 0 amide bonds. The van der Waals surface area contributed by atoms with Crippen molar-refractivity contribution in [1.82, 2.24) is 14.9 Å². The van der Waals surface area contributed by atoms with Crippen molar-refractivity contribution in [1.29, 1.82) is 0 Å². The molecule has 0 bridgehead atoms. The van der Waals surface area contributed by atoms with Gasteiger partial charge in [0.15, 0.2) is 0 Å². The first-order chi connectivity index (χ1) is 8.34. The van der Waals surface area contributed by atoms with Crippen molar-refractivity contribution in [2.45, 2.75) is 18.9 Å². The second-order valence-electron chi connectivity index (χ2n) is 4.64. The largest absolute Gasteiger partial charge is 0.354 e. The molecule has 1 aromatic carbocycles. The van der Waals surface area contributed by atoms with Gasteiger partial charge >= 0.3 is 0 Å². The van der Waals surface area contributed by atoms with Crippen LogP contribution in [0.4, 0.5) is 5.95 Å². The summed E-state index contributed by atoms with van der Waals surface area (Å²) in [6.45, 7) is 1.93. The summed E-state index contributed by atoms with van der Waals surface area (Å²) in [5.74, 6) is 0.948. The van der Waals surface area contributed by atoms with E-state index in [0.717, 1.165) is 30.6 Å². The molecule has 0 aliphatic heterocycles. The molecule has 1 fully saturated rings. The highest BCUT2D eigenvalue weighted by Gasteiger charge is 2.19. The fraction of sp³-hybridized carbons (Fsp3) is 0.462. The number of aryl methyl sites for hydroxylation is 1. The Morgan fingerprint density at radius 2 is 2.12 bits per heavy atom. The predicted octanol–water partition coefficient (Wildman–Crippen LogP) is 1.74. The van der Waals surface area contributed by atoms with Gasteiger partial charge in [-0.25, -0.2) is 4.98 Å². The number of benzene rings is 1. The molecule has 0 spiro atoms. The Morgan fingerprint density at radius 1 is 1.29 bits per heavy atom. The highest BCUT2D eigenvalue weighted by Crippen LogP contribution is 2.18. The molecular weight excluding hydrogens is 212 g/mol. The standard InChI is InChI=1S/C13H18N4/c1-17-12-5-3-2-4-11(12)16-13(17)15-9-8-14-10-6-7-10/h2-5,10,14H,6-9H2,1H3,(H,15,16). The van der Waals surface area contributed by atoms with Crippen LogP contribution < -0.4 is 10.6 Å². The number of nitrogens with one attached hydrogen (secondary N) is 2. The third-order valence-electron chi connectivity index (χ3n) is 3.21. The van der Waals surface area contributed by atoms with E-state index >= 15 is 0 Å². The first-order valence-corrected chi connectivity index (χ1v) is 6.23. The van der Waals surface area contributed by atoms with Crippen LogP contribution in [-0.4, -0.2) is 28.7 Å². The Hall–Kier alpha value is -1.55. The Balaban J connectivity index is 1.65. The zero-order chi connectivity index (χ0) is 11.7. The van der Waals surface area contributed by atoms with E-state index in [1.165, 1.54) is 18.4 Å². The van der Waals surface area contributed by atoms with Gasteiger partial charge in [0.25, 0.3) is 0 Å². The lowest BCUT2D eigenvalue weighted by Gasteiger charge is -2.06. The van der Waals surface area contributed by atoms with Gasteiger partial charge in [-0.15, -0.1) is 0 Å². The number of anilines is 1. The summed E-state index contributed by atoms with van der Waals surface area (Å²) < 4.78 is 2.10. The van der Waals surface area contributed by atoms with Crippen LogP contribution in [0.2, 0.25) is 0 Å². The van der Waals surface area contributed by atoms with Crippen LogP contribution in [0, 0.1) is 0 Å². The van der Waals surface area contributed by atoms with E-state index in [-0.39, 0.29) is 0 Å². The van der Waals surface area contributed by atoms with Crippen LogP contribution in [-0.2, 0) is 7.05 Å². The van der Waals surface area contributed by atoms with E-state index in [4.69, 9.17) is 0 Å². The number of para-hydroxylation sites is 2. The molecule has 3 rings (SSSR count). The number of hydrogen-bond acceptors (Lipinski definition) is 3. The normalized spacial score (nSPS) is 15.4. The number of imidazole rings is 1. The van der Waals surface area contributed by atoms with Gasteiger partial charge in [0.05, 0.1) is 11.0 Å². The maximum absolute atomic E-state index is 4.57. The third-order valence-corrected chi connectivity index (χ3v) is 3.21. The lowest BCUT2D eigenvalue weighted by atomic mass is 10.3. The molecule has 1 aromatic heterocycles. The van der Waals surface area contributed by atoms with Crippen molar-refractivity contribution in [3.63, 3.8) is 0 Å². The monoisotopic (exact) mass is 230 g/mol. The minimum atomic E-state index is 0.775. The molecule has 17 heavy (non-hydrogen) atoms. The second-order valence-corrected chi connectivity index (χ2v) is 4.64. The van der Waals surface area contributed by atoms with Gasteiger partial charge in [-0.1, -0.05) is 12.1 Å². The highest BCUT2D eigenvalue weighted by molar-refractivity contribution is 5.78. The minimum Gasteiger partial charge on any atom is -0.354 e. The maximum atomic E-state index is 4.57. The maximum Gasteiger partial charge on any atom is 0.203 e. The molecular formula is C13H18N4. The molecule has 90 valence electrons. The molecule has 0 radical (unpaired) electrons. The predicted molar refractivity (Wildman–Crippen MR) is 70.2 cm³/mol. The summed E-state index contributed by atoms with van der Waals surface area (Å²) in [6, 6.07) is 8.98. The molecule has 2 aromatic rings. The van der Waals surface area contributed by atoms with Gasteiger partial charge in [0, 0.05) is 26.2 Å². The van der Waals surface area contributed by atoms with Crippen molar-refractivity contribution < 1.29 is 0 Å². The van der Waals surface area contributed by atoms with Crippen molar-refractivity contribution in [3.05, 3.63) is 24.3 Å². The minimum absolute atomic E-state index is 0.775. The molecule has 1 aliphatic rings. The van der Waals surface area contributed by atoms with Gasteiger partial charge < -0.3 is 15.2 Å². The third kappa shape index (κ3) is 2.26. The average molecular weight is 230 g/mol. The lowest BCUT2D eigenvalue weighted by Crippen LogP contribution is -2.24. The van der Waals surface area contributed by atoms with Crippen molar-refractivity contribution in [2.24, 2.45) is 7.05 Å². The smallest absolute Gasteiger partial charge is 0.203 e. The van der Waals surface area contributed by atoms with Gasteiger partial charge in [-0.2, -0.15) is 0 Å².